The molecule has 196 valence electrons. The average molecular weight is 507 g/mol. The van der Waals surface area contributed by atoms with Crippen molar-refractivity contribution in [2.24, 2.45) is 5.92 Å². The second kappa shape index (κ2) is 11.1. The molecule has 0 spiro atoms. The smallest absolute Gasteiger partial charge is 0.467 e. The molecule has 1 aliphatic rings. The Morgan fingerprint density at radius 3 is 2.23 bits per heavy atom. The Hall–Kier alpha value is -3.10. The summed E-state index contributed by atoms with van der Waals surface area (Å²) < 4.78 is 45.1. The fraction of sp³-hybridized carbons (Fsp3) is 0.571. The van der Waals surface area contributed by atoms with Crippen LogP contribution >= 0.6 is 0 Å². The van der Waals surface area contributed by atoms with Crippen LogP contribution in [0.25, 0.3) is 0 Å². The number of halogens is 3. The number of rotatable bonds is 7. The zero-order chi connectivity index (χ0) is 26.6. The highest BCUT2D eigenvalue weighted by Crippen LogP contribution is 2.30. The Labute approximate surface area is 198 Å². The van der Waals surface area contributed by atoms with Gasteiger partial charge in [0, 0.05) is 18.5 Å². The van der Waals surface area contributed by atoms with E-state index in [9.17, 15) is 42.9 Å². The van der Waals surface area contributed by atoms with Crippen molar-refractivity contribution in [3.8, 4) is 5.75 Å². The van der Waals surface area contributed by atoms with Crippen molar-refractivity contribution in [1.82, 2.24) is 10.6 Å². The number of esters is 1. The number of methoxy groups -OCH3 is 1. The first-order valence-corrected chi connectivity index (χ1v) is 10.6. The van der Waals surface area contributed by atoms with Gasteiger partial charge in [-0.3, -0.25) is 4.79 Å². The predicted molar refractivity (Wildman–Crippen MR) is 114 cm³/mol. The highest BCUT2D eigenvalue weighted by molar-refractivity contribution is 5.91. The average Bonchev–Trinajstić information content (AvgIpc) is 2.74. The van der Waals surface area contributed by atoms with Crippen molar-refractivity contribution in [3.63, 3.8) is 0 Å². The molecule has 0 saturated heterocycles. The quantitative estimate of drug-likeness (QED) is 0.293. The minimum Gasteiger partial charge on any atom is -0.467 e. The van der Waals surface area contributed by atoms with Gasteiger partial charge in [-0.15, -0.1) is 13.2 Å². The number of urea groups is 1. The summed E-state index contributed by atoms with van der Waals surface area (Å²) in [6.45, 7) is 3.28. The van der Waals surface area contributed by atoms with Gasteiger partial charge in [0.05, 0.1) is 19.3 Å². The lowest BCUT2D eigenvalue weighted by Gasteiger charge is -2.42. The van der Waals surface area contributed by atoms with Gasteiger partial charge in [-0.25, -0.2) is 9.59 Å². The number of hydrogen-bond donors (Lipinski definition) is 6. The minimum atomic E-state index is -4.88. The van der Waals surface area contributed by atoms with Gasteiger partial charge in [-0.2, -0.15) is 0 Å². The zero-order valence-electron chi connectivity index (χ0n) is 19.1. The summed E-state index contributed by atoms with van der Waals surface area (Å²) in [5, 5.41) is 38.4. The molecule has 0 aromatic heterocycles. The number of benzene rings is 1. The lowest BCUT2D eigenvalue weighted by atomic mass is 9.77. The number of alkyl halides is 3. The van der Waals surface area contributed by atoms with Crippen LogP contribution in [-0.4, -0.2) is 76.6 Å². The van der Waals surface area contributed by atoms with E-state index in [-0.39, 0.29) is 11.6 Å². The van der Waals surface area contributed by atoms with Gasteiger partial charge >= 0.3 is 18.4 Å². The Morgan fingerprint density at radius 1 is 1.11 bits per heavy atom. The molecule has 1 aliphatic carbocycles. The van der Waals surface area contributed by atoms with E-state index in [4.69, 9.17) is 0 Å². The number of ether oxygens (including phenoxy) is 2. The molecule has 11 nitrogen and oxygen atoms in total. The van der Waals surface area contributed by atoms with Crippen LogP contribution in [0, 0.1) is 5.92 Å². The summed E-state index contributed by atoms with van der Waals surface area (Å²) in [6, 6.07) is 0.906. The van der Waals surface area contributed by atoms with E-state index in [0.29, 0.717) is 0 Å². The van der Waals surface area contributed by atoms with Crippen molar-refractivity contribution in [2.45, 2.75) is 62.9 Å². The first-order valence-electron chi connectivity index (χ1n) is 10.6. The standard InChI is InChI=1S/C21H28F3N3O8/c1-10(2)15(17(30)34-3)27-18(31)20(33)8-13(16(29)14(28)9-20)26-19(32)25-11-4-6-12(7-5-11)35-21(22,23)24/h4-7,10,13-16,28-29,33H,8-9H2,1-3H3,(H,27,31)(H2,25,26,32). The van der Waals surface area contributed by atoms with E-state index in [1.807, 2.05) is 0 Å². The van der Waals surface area contributed by atoms with Crippen molar-refractivity contribution in [1.29, 1.82) is 0 Å². The highest BCUT2D eigenvalue weighted by atomic mass is 19.4. The second-order valence-corrected chi connectivity index (χ2v) is 8.49. The number of hydrogen-bond acceptors (Lipinski definition) is 8. The maximum Gasteiger partial charge on any atom is 0.573 e. The van der Waals surface area contributed by atoms with Gasteiger partial charge in [-0.05, 0) is 30.2 Å². The number of nitrogens with one attached hydrogen (secondary N) is 3. The van der Waals surface area contributed by atoms with E-state index < -0.39 is 72.8 Å². The van der Waals surface area contributed by atoms with Crippen LogP contribution in [-0.2, 0) is 14.3 Å². The molecule has 14 heteroatoms. The Morgan fingerprint density at radius 2 is 1.71 bits per heavy atom. The summed E-state index contributed by atoms with van der Waals surface area (Å²) in [4.78, 5) is 37.1. The molecule has 1 aromatic carbocycles. The van der Waals surface area contributed by atoms with Gasteiger partial charge < -0.3 is 40.7 Å². The van der Waals surface area contributed by atoms with Crippen molar-refractivity contribution >= 4 is 23.6 Å². The number of amides is 3. The van der Waals surface area contributed by atoms with Crippen LogP contribution in [0.2, 0.25) is 0 Å². The van der Waals surface area contributed by atoms with Gasteiger partial charge in [0.25, 0.3) is 5.91 Å². The number of anilines is 1. The second-order valence-electron chi connectivity index (χ2n) is 8.49. The molecule has 5 unspecified atom stereocenters. The molecule has 0 aliphatic heterocycles. The molecule has 6 N–H and O–H groups in total. The maximum absolute atomic E-state index is 12.8. The van der Waals surface area contributed by atoms with E-state index in [0.717, 1.165) is 31.4 Å². The third-order valence-corrected chi connectivity index (χ3v) is 5.40. The number of carbonyl (C=O) groups excluding carboxylic acids is 3. The fourth-order valence-corrected chi connectivity index (χ4v) is 3.60. The summed E-state index contributed by atoms with van der Waals surface area (Å²) in [6.07, 6.45) is -9.09. The molecular formula is C21H28F3N3O8. The molecule has 0 bridgehead atoms. The summed E-state index contributed by atoms with van der Waals surface area (Å²) >= 11 is 0. The van der Waals surface area contributed by atoms with E-state index >= 15 is 0 Å². The van der Waals surface area contributed by atoms with Crippen LogP contribution < -0.4 is 20.7 Å². The maximum atomic E-state index is 12.8. The molecule has 1 fully saturated rings. The Balaban J connectivity index is 2.06. The van der Waals surface area contributed by atoms with Crippen LogP contribution in [0.1, 0.15) is 26.7 Å². The highest BCUT2D eigenvalue weighted by Gasteiger charge is 2.50. The van der Waals surface area contributed by atoms with E-state index in [2.05, 4.69) is 25.4 Å². The summed E-state index contributed by atoms with van der Waals surface area (Å²) in [7, 11) is 1.13. The molecular weight excluding hydrogens is 479 g/mol. The molecule has 1 saturated carbocycles. The lowest BCUT2D eigenvalue weighted by molar-refractivity contribution is -0.274. The van der Waals surface area contributed by atoms with Crippen molar-refractivity contribution in [2.75, 3.05) is 12.4 Å². The number of aliphatic hydroxyl groups is 3. The van der Waals surface area contributed by atoms with Crippen LogP contribution in [0.3, 0.4) is 0 Å². The lowest BCUT2D eigenvalue weighted by Crippen LogP contribution is -2.64. The van der Waals surface area contributed by atoms with E-state index in [1.165, 1.54) is 0 Å². The first-order chi connectivity index (χ1) is 16.1. The third kappa shape index (κ3) is 7.70. The molecule has 5 atom stereocenters. The fourth-order valence-electron chi connectivity index (χ4n) is 3.60. The molecule has 2 rings (SSSR count). The van der Waals surface area contributed by atoms with Gasteiger partial charge in [0.1, 0.15) is 23.5 Å². The SMILES string of the molecule is COC(=O)C(NC(=O)C1(O)CC(O)C(O)C(NC(=O)Nc2ccc(OC(F)(F)F)cc2)C1)C(C)C. The summed E-state index contributed by atoms with van der Waals surface area (Å²) in [5.41, 5.74) is -2.16. The monoisotopic (exact) mass is 507 g/mol. The molecule has 35 heavy (non-hydrogen) atoms. The zero-order valence-corrected chi connectivity index (χ0v) is 19.1. The third-order valence-electron chi connectivity index (χ3n) is 5.40. The predicted octanol–water partition coefficient (Wildman–Crippen LogP) is 0.636. The van der Waals surface area contributed by atoms with Crippen LogP contribution in [0.5, 0.6) is 5.75 Å². The van der Waals surface area contributed by atoms with Gasteiger partial charge in [-0.1, -0.05) is 13.8 Å². The van der Waals surface area contributed by atoms with Crippen molar-refractivity contribution in [3.05, 3.63) is 24.3 Å². The van der Waals surface area contributed by atoms with E-state index in [1.54, 1.807) is 13.8 Å². The molecule has 0 radical (unpaired) electrons. The first kappa shape index (κ1) is 28.1. The molecule has 1 aromatic rings. The van der Waals surface area contributed by atoms with Crippen LogP contribution in [0.4, 0.5) is 23.7 Å². The number of aliphatic hydroxyl groups excluding tert-OH is 2. The largest absolute Gasteiger partial charge is 0.573 e. The molecule has 0 heterocycles. The Kier molecular flexibility index (Phi) is 8.92. The normalized spacial score (nSPS) is 25.4. The number of carbonyl (C=O) groups is 3. The van der Waals surface area contributed by atoms with Gasteiger partial charge in [0.2, 0.25) is 0 Å². The van der Waals surface area contributed by atoms with Crippen molar-refractivity contribution < 1.29 is 52.3 Å². The summed E-state index contributed by atoms with van der Waals surface area (Å²) in [5.74, 6) is -2.63. The Bertz CT molecular complexity index is 912. The van der Waals surface area contributed by atoms with Gasteiger partial charge in [0.15, 0.2) is 0 Å². The topological polar surface area (TPSA) is 166 Å². The van der Waals surface area contributed by atoms with Crippen LogP contribution in [0.15, 0.2) is 24.3 Å². The minimum absolute atomic E-state index is 0.0775. The molecule has 3 amide bonds.